The molecule has 0 unspecified atom stereocenters. The molecule has 10 heteroatoms. The van der Waals surface area contributed by atoms with Crippen molar-refractivity contribution < 1.29 is 9.18 Å². The lowest BCUT2D eigenvalue weighted by molar-refractivity contribution is 0.0995. The van der Waals surface area contributed by atoms with Crippen molar-refractivity contribution in [1.29, 1.82) is 0 Å². The maximum atomic E-state index is 15.7. The van der Waals surface area contributed by atoms with Gasteiger partial charge in [-0.3, -0.25) is 14.0 Å². The van der Waals surface area contributed by atoms with Crippen LogP contribution in [0.4, 0.5) is 10.2 Å². The van der Waals surface area contributed by atoms with Gasteiger partial charge in [-0.25, -0.2) is 9.18 Å². The van der Waals surface area contributed by atoms with Crippen LogP contribution in [0.15, 0.2) is 47.4 Å². The van der Waals surface area contributed by atoms with Gasteiger partial charge in [0.2, 0.25) is 0 Å². The fourth-order valence-electron chi connectivity index (χ4n) is 3.52. The number of aryl methyl sites for hydroxylation is 1. The Balaban J connectivity index is 2.06. The lowest BCUT2D eigenvalue weighted by atomic mass is 10.0. The minimum absolute atomic E-state index is 0.0353. The quantitative estimate of drug-likeness (QED) is 0.526. The van der Waals surface area contributed by atoms with E-state index in [1.807, 2.05) is 0 Å². The second-order valence-corrected chi connectivity index (χ2v) is 7.61. The van der Waals surface area contributed by atoms with E-state index >= 15 is 4.39 Å². The number of anilines is 1. The van der Waals surface area contributed by atoms with Crippen LogP contribution in [-0.2, 0) is 7.05 Å². The SMILES string of the molecule is CN(C)c1nc(=O)n(-c2cccc(-c3cn(C)nc3C(N)=O)c2F)c2cc(Cl)ccc12. The lowest BCUT2D eigenvalue weighted by Crippen LogP contribution is -2.26. The monoisotopic (exact) mass is 440 g/mol. The summed E-state index contributed by atoms with van der Waals surface area (Å²) in [6.45, 7) is 0. The van der Waals surface area contributed by atoms with Crippen molar-refractivity contribution in [2.24, 2.45) is 12.8 Å². The summed E-state index contributed by atoms with van der Waals surface area (Å²) in [5.41, 5.74) is 5.33. The van der Waals surface area contributed by atoms with Gasteiger partial charge >= 0.3 is 5.69 Å². The van der Waals surface area contributed by atoms with Crippen molar-refractivity contribution in [2.45, 2.75) is 0 Å². The van der Waals surface area contributed by atoms with E-state index < -0.39 is 17.4 Å². The van der Waals surface area contributed by atoms with Crippen LogP contribution in [0.1, 0.15) is 10.5 Å². The summed E-state index contributed by atoms with van der Waals surface area (Å²) >= 11 is 6.18. The molecule has 0 aliphatic carbocycles. The van der Waals surface area contributed by atoms with Crippen molar-refractivity contribution >= 4 is 34.2 Å². The average molecular weight is 441 g/mol. The van der Waals surface area contributed by atoms with Crippen molar-refractivity contribution in [2.75, 3.05) is 19.0 Å². The van der Waals surface area contributed by atoms with Crippen LogP contribution < -0.4 is 16.3 Å². The number of nitrogens with two attached hydrogens (primary N) is 1. The molecule has 31 heavy (non-hydrogen) atoms. The first-order valence-electron chi connectivity index (χ1n) is 9.21. The van der Waals surface area contributed by atoms with Crippen LogP contribution in [0.2, 0.25) is 5.02 Å². The molecule has 2 aromatic heterocycles. The number of carbonyl (C=O) groups is 1. The van der Waals surface area contributed by atoms with Crippen molar-refractivity contribution in [3.63, 3.8) is 0 Å². The highest BCUT2D eigenvalue weighted by molar-refractivity contribution is 6.31. The normalized spacial score (nSPS) is 11.1. The fourth-order valence-corrected chi connectivity index (χ4v) is 3.69. The highest BCUT2D eigenvalue weighted by Gasteiger charge is 2.22. The largest absolute Gasteiger partial charge is 0.364 e. The number of fused-ring (bicyclic) bond motifs is 1. The molecule has 0 spiro atoms. The molecule has 0 fully saturated rings. The highest BCUT2D eigenvalue weighted by atomic mass is 35.5. The number of rotatable bonds is 4. The first-order chi connectivity index (χ1) is 14.7. The van der Waals surface area contributed by atoms with Crippen LogP contribution in [0, 0.1) is 5.82 Å². The third kappa shape index (κ3) is 3.42. The van der Waals surface area contributed by atoms with Crippen molar-refractivity contribution in [3.8, 4) is 16.8 Å². The van der Waals surface area contributed by atoms with E-state index in [2.05, 4.69) is 10.1 Å². The van der Waals surface area contributed by atoms with E-state index in [0.717, 1.165) is 4.57 Å². The molecule has 158 valence electrons. The number of nitrogens with zero attached hydrogens (tertiary/aromatic N) is 5. The molecule has 0 radical (unpaired) electrons. The Bertz CT molecular complexity index is 1410. The van der Waals surface area contributed by atoms with E-state index in [1.165, 1.54) is 23.0 Å². The molecular formula is C21H18ClFN6O2. The number of carbonyl (C=O) groups excluding carboxylic acids is 1. The third-order valence-corrected chi connectivity index (χ3v) is 5.06. The maximum Gasteiger partial charge on any atom is 0.354 e. The van der Waals surface area contributed by atoms with Crippen LogP contribution in [0.25, 0.3) is 27.7 Å². The number of hydrogen-bond donors (Lipinski definition) is 1. The number of benzene rings is 2. The Hall–Kier alpha value is -3.72. The summed E-state index contributed by atoms with van der Waals surface area (Å²) in [6.07, 6.45) is 1.49. The molecule has 0 aliphatic rings. The first-order valence-corrected chi connectivity index (χ1v) is 9.59. The van der Waals surface area contributed by atoms with Gasteiger partial charge in [-0.05, 0) is 24.3 Å². The summed E-state index contributed by atoms with van der Waals surface area (Å²) in [5.74, 6) is -1.07. The van der Waals surface area contributed by atoms with Gasteiger partial charge in [0.05, 0.1) is 11.2 Å². The van der Waals surface area contributed by atoms with Crippen LogP contribution in [-0.4, -0.2) is 39.3 Å². The predicted molar refractivity (Wildman–Crippen MR) is 117 cm³/mol. The lowest BCUT2D eigenvalue weighted by Gasteiger charge is -2.18. The molecular weight excluding hydrogens is 423 g/mol. The third-order valence-electron chi connectivity index (χ3n) is 4.83. The Labute approximate surface area is 181 Å². The molecule has 1 amide bonds. The fraction of sp³-hybridized carbons (Fsp3) is 0.143. The van der Waals surface area contributed by atoms with E-state index in [1.54, 1.807) is 50.3 Å². The molecule has 4 aromatic rings. The standard InChI is InChI=1S/C21H18ClFN6O2/c1-27(2)20-13-8-7-11(22)9-16(13)29(21(31)25-20)15-6-4-5-12(17(15)23)14-10-28(3)26-18(14)19(24)30/h4-10H,1-3H3,(H2,24,30). The number of aromatic nitrogens is 4. The van der Waals surface area contributed by atoms with Gasteiger partial charge in [0.15, 0.2) is 11.5 Å². The number of halogens is 2. The number of primary amides is 1. The molecule has 0 saturated carbocycles. The van der Waals surface area contributed by atoms with Crippen LogP contribution in [0.3, 0.4) is 0 Å². The van der Waals surface area contributed by atoms with E-state index in [-0.39, 0.29) is 22.5 Å². The minimum atomic E-state index is -0.785. The van der Waals surface area contributed by atoms with E-state index in [0.29, 0.717) is 21.7 Å². The summed E-state index contributed by atoms with van der Waals surface area (Å²) in [4.78, 5) is 30.6. The molecule has 0 aliphatic heterocycles. The molecule has 0 atom stereocenters. The maximum absolute atomic E-state index is 15.7. The Morgan fingerprint density at radius 1 is 1.19 bits per heavy atom. The molecule has 0 saturated heterocycles. The molecule has 8 nitrogen and oxygen atoms in total. The van der Waals surface area contributed by atoms with Crippen LogP contribution in [0.5, 0.6) is 0 Å². The highest BCUT2D eigenvalue weighted by Crippen LogP contribution is 2.31. The van der Waals surface area contributed by atoms with E-state index in [4.69, 9.17) is 17.3 Å². The van der Waals surface area contributed by atoms with Gasteiger partial charge in [-0.2, -0.15) is 10.1 Å². The summed E-state index contributed by atoms with van der Waals surface area (Å²) < 4.78 is 18.3. The summed E-state index contributed by atoms with van der Waals surface area (Å²) in [6, 6.07) is 9.51. The Morgan fingerprint density at radius 2 is 1.94 bits per heavy atom. The van der Waals surface area contributed by atoms with Gasteiger partial charge in [0.1, 0.15) is 5.82 Å². The molecule has 0 bridgehead atoms. The van der Waals surface area contributed by atoms with Gasteiger partial charge in [0.25, 0.3) is 5.91 Å². The minimum Gasteiger partial charge on any atom is -0.364 e. The topological polar surface area (TPSA) is 99.0 Å². The second kappa shape index (κ2) is 7.51. The zero-order valence-corrected chi connectivity index (χ0v) is 17.7. The van der Waals surface area contributed by atoms with Crippen molar-refractivity contribution in [3.05, 3.63) is 69.6 Å². The molecule has 2 heterocycles. The zero-order chi connectivity index (χ0) is 22.4. The summed E-state index contributed by atoms with van der Waals surface area (Å²) in [5, 5.41) is 5.02. The number of amides is 1. The predicted octanol–water partition coefficient (Wildman–Crippen LogP) is 2.74. The summed E-state index contributed by atoms with van der Waals surface area (Å²) in [7, 11) is 5.12. The van der Waals surface area contributed by atoms with Crippen molar-refractivity contribution in [1.82, 2.24) is 19.3 Å². The zero-order valence-electron chi connectivity index (χ0n) is 16.9. The second-order valence-electron chi connectivity index (χ2n) is 7.18. The molecule has 4 rings (SSSR count). The molecule has 2 N–H and O–H groups in total. The Morgan fingerprint density at radius 3 is 2.61 bits per heavy atom. The van der Waals surface area contributed by atoms with Gasteiger partial charge in [-0.1, -0.05) is 23.7 Å². The smallest absolute Gasteiger partial charge is 0.354 e. The average Bonchev–Trinajstić information content (AvgIpc) is 3.09. The first kappa shape index (κ1) is 20.5. The van der Waals surface area contributed by atoms with Crippen LogP contribution >= 0.6 is 11.6 Å². The number of hydrogen-bond acceptors (Lipinski definition) is 5. The van der Waals surface area contributed by atoms with E-state index in [9.17, 15) is 9.59 Å². The molecule has 2 aromatic carbocycles. The van der Waals surface area contributed by atoms with Gasteiger partial charge in [-0.15, -0.1) is 0 Å². The van der Waals surface area contributed by atoms with Gasteiger partial charge in [0, 0.05) is 48.9 Å². The Kier molecular flexibility index (Phi) is 4.98. The van der Waals surface area contributed by atoms with Gasteiger partial charge < -0.3 is 10.6 Å².